The van der Waals surface area contributed by atoms with Gasteiger partial charge in [0.2, 0.25) is 5.91 Å². The van der Waals surface area contributed by atoms with Crippen LogP contribution in [-0.2, 0) is 4.79 Å². The van der Waals surface area contributed by atoms with Gasteiger partial charge in [-0.15, -0.1) is 0 Å². The quantitative estimate of drug-likeness (QED) is 0.869. The molecule has 24 heavy (non-hydrogen) atoms. The average Bonchev–Trinajstić information content (AvgIpc) is 3.23. The van der Waals surface area contributed by atoms with Crippen LogP contribution >= 0.6 is 11.8 Å². The number of thioether (sulfide) groups is 1. The van der Waals surface area contributed by atoms with Crippen molar-refractivity contribution < 1.29 is 13.9 Å². The van der Waals surface area contributed by atoms with E-state index < -0.39 is 0 Å². The van der Waals surface area contributed by atoms with Crippen LogP contribution in [0.1, 0.15) is 25.1 Å². The first kappa shape index (κ1) is 17.2. The lowest BCUT2D eigenvalue weighted by molar-refractivity contribution is -0.123. The first-order chi connectivity index (χ1) is 11.6. The van der Waals surface area contributed by atoms with Crippen LogP contribution in [-0.4, -0.2) is 49.1 Å². The Morgan fingerprint density at radius 1 is 1.54 bits per heavy atom. The standard InChI is InChI=1S/C18H24N2O3S/c1-12(19-17(21)10-20(2)14-7-8-24-11-14)16-9-13-5-4-6-15(22-3)18(13)23-16/h4-6,9,12,14H,7-8,10-11H2,1-3H3,(H,19,21). The maximum absolute atomic E-state index is 12.3. The molecule has 2 aromatic rings. The van der Waals surface area contributed by atoms with Gasteiger partial charge in [0.05, 0.1) is 19.7 Å². The molecule has 1 aromatic heterocycles. The van der Waals surface area contributed by atoms with Crippen LogP contribution in [0.25, 0.3) is 11.0 Å². The van der Waals surface area contributed by atoms with E-state index in [9.17, 15) is 4.79 Å². The van der Waals surface area contributed by atoms with E-state index in [4.69, 9.17) is 9.15 Å². The summed E-state index contributed by atoms with van der Waals surface area (Å²) in [6.07, 6.45) is 1.16. The third-order valence-electron chi connectivity index (χ3n) is 4.47. The van der Waals surface area contributed by atoms with Gasteiger partial charge in [0, 0.05) is 17.2 Å². The van der Waals surface area contributed by atoms with E-state index in [-0.39, 0.29) is 11.9 Å². The van der Waals surface area contributed by atoms with Crippen molar-refractivity contribution in [1.82, 2.24) is 10.2 Å². The second-order valence-electron chi connectivity index (χ2n) is 6.25. The van der Waals surface area contributed by atoms with Gasteiger partial charge in [0.25, 0.3) is 0 Å². The van der Waals surface area contributed by atoms with Gasteiger partial charge in [-0.1, -0.05) is 12.1 Å². The lowest BCUT2D eigenvalue weighted by atomic mass is 10.2. The number of rotatable bonds is 6. The van der Waals surface area contributed by atoms with E-state index in [2.05, 4.69) is 10.2 Å². The van der Waals surface area contributed by atoms with Crippen molar-refractivity contribution in [3.05, 3.63) is 30.0 Å². The minimum absolute atomic E-state index is 0.0225. The fourth-order valence-electron chi connectivity index (χ4n) is 3.01. The zero-order valence-electron chi connectivity index (χ0n) is 14.4. The zero-order chi connectivity index (χ0) is 17.1. The topological polar surface area (TPSA) is 54.7 Å². The number of hydrogen-bond donors (Lipinski definition) is 1. The largest absolute Gasteiger partial charge is 0.493 e. The van der Waals surface area contributed by atoms with Gasteiger partial charge in [-0.25, -0.2) is 0 Å². The Hall–Kier alpha value is -1.66. The minimum atomic E-state index is -0.180. The minimum Gasteiger partial charge on any atom is -0.493 e. The highest BCUT2D eigenvalue weighted by atomic mass is 32.2. The number of likely N-dealkylation sites (N-methyl/N-ethyl adjacent to an activating group) is 1. The molecule has 0 saturated carbocycles. The molecule has 1 fully saturated rings. The molecule has 1 aliphatic heterocycles. The molecule has 1 saturated heterocycles. The van der Waals surface area contributed by atoms with E-state index in [1.54, 1.807) is 7.11 Å². The molecule has 0 radical (unpaired) electrons. The molecule has 0 spiro atoms. The van der Waals surface area contributed by atoms with Gasteiger partial charge in [0.15, 0.2) is 11.3 Å². The predicted octanol–water partition coefficient (Wildman–Crippen LogP) is 3.06. The number of fused-ring (bicyclic) bond motifs is 1. The van der Waals surface area contributed by atoms with Gasteiger partial charge in [0.1, 0.15) is 5.76 Å². The first-order valence-corrected chi connectivity index (χ1v) is 9.37. The lowest BCUT2D eigenvalue weighted by Crippen LogP contribution is -2.41. The monoisotopic (exact) mass is 348 g/mol. The Morgan fingerprint density at radius 3 is 3.08 bits per heavy atom. The summed E-state index contributed by atoms with van der Waals surface area (Å²) >= 11 is 1.95. The molecule has 1 N–H and O–H groups in total. The summed E-state index contributed by atoms with van der Waals surface area (Å²) in [7, 11) is 3.64. The van der Waals surface area contributed by atoms with Crippen LogP contribution in [0.3, 0.4) is 0 Å². The van der Waals surface area contributed by atoms with E-state index >= 15 is 0 Å². The normalized spacial score (nSPS) is 18.9. The highest BCUT2D eigenvalue weighted by molar-refractivity contribution is 7.99. The Kier molecular flexibility index (Phi) is 5.36. The second-order valence-corrected chi connectivity index (χ2v) is 7.40. The molecule has 1 aliphatic rings. The smallest absolute Gasteiger partial charge is 0.234 e. The first-order valence-electron chi connectivity index (χ1n) is 8.22. The van der Waals surface area contributed by atoms with Crippen LogP contribution in [0.15, 0.2) is 28.7 Å². The Labute approximate surface area is 146 Å². The Morgan fingerprint density at radius 2 is 2.38 bits per heavy atom. The number of benzene rings is 1. The molecule has 1 amide bonds. The number of hydrogen-bond acceptors (Lipinski definition) is 5. The third-order valence-corrected chi connectivity index (χ3v) is 5.62. The van der Waals surface area contributed by atoms with E-state index in [1.807, 2.05) is 50.0 Å². The molecular weight excluding hydrogens is 324 g/mol. The zero-order valence-corrected chi connectivity index (χ0v) is 15.2. The number of para-hydroxylation sites is 1. The van der Waals surface area contributed by atoms with Gasteiger partial charge >= 0.3 is 0 Å². The molecule has 0 bridgehead atoms. The van der Waals surface area contributed by atoms with Gasteiger partial charge in [-0.3, -0.25) is 9.69 Å². The van der Waals surface area contributed by atoms with Gasteiger partial charge in [-0.05, 0) is 38.3 Å². The fourth-order valence-corrected chi connectivity index (χ4v) is 4.31. The van der Waals surface area contributed by atoms with Crippen molar-refractivity contribution in [3.8, 4) is 5.75 Å². The third kappa shape index (κ3) is 3.70. The van der Waals surface area contributed by atoms with Crippen LogP contribution in [0.2, 0.25) is 0 Å². The van der Waals surface area contributed by atoms with E-state index in [0.717, 1.165) is 28.9 Å². The summed E-state index contributed by atoms with van der Waals surface area (Å²) in [5, 5.41) is 4.00. The van der Waals surface area contributed by atoms with Crippen molar-refractivity contribution in [2.75, 3.05) is 32.2 Å². The number of nitrogens with one attached hydrogen (secondary N) is 1. The van der Waals surface area contributed by atoms with Crippen LogP contribution in [0, 0.1) is 0 Å². The SMILES string of the molecule is COc1cccc2cc(C(C)NC(=O)CN(C)C3CCSC3)oc12. The number of ether oxygens (including phenoxy) is 1. The summed E-state index contributed by atoms with van der Waals surface area (Å²) in [6, 6.07) is 8.06. The molecule has 130 valence electrons. The Bertz CT molecular complexity index is 709. The average molecular weight is 348 g/mol. The van der Waals surface area contributed by atoms with Crippen molar-refractivity contribution in [2.24, 2.45) is 0 Å². The van der Waals surface area contributed by atoms with Crippen LogP contribution in [0.4, 0.5) is 0 Å². The fraction of sp³-hybridized carbons (Fsp3) is 0.500. The summed E-state index contributed by atoms with van der Waals surface area (Å²) in [5.41, 5.74) is 0.719. The van der Waals surface area contributed by atoms with Crippen LogP contribution < -0.4 is 10.1 Å². The number of methoxy groups -OCH3 is 1. The second kappa shape index (κ2) is 7.49. The summed E-state index contributed by atoms with van der Waals surface area (Å²) in [5.74, 6) is 3.77. The van der Waals surface area contributed by atoms with Crippen molar-refractivity contribution in [2.45, 2.75) is 25.4 Å². The Balaban J connectivity index is 1.63. The van der Waals surface area contributed by atoms with Gasteiger partial charge < -0.3 is 14.5 Å². The summed E-state index contributed by atoms with van der Waals surface area (Å²) < 4.78 is 11.2. The summed E-state index contributed by atoms with van der Waals surface area (Å²) in [4.78, 5) is 14.4. The molecular formula is C18H24N2O3S. The molecule has 1 aromatic carbocycles. The number of carbonyl (C=O) groups excluding carboxylic acids is 1. The highest BCUT2D eigenvalue weighted by Gasteiger charge is 2.23. The maximum Gasteiger partial charge on any atom is 0.234 e. The number of carbonyl (C=O) groups is 1. The van der Waals surface area contributed by atoms with Crippen molar-refractivity contribution >= 4 is 28.6 Å². The molecule has 3 rings (SSSR count). The molecule has 6 heteroatoms. The number of amides is 1. The molecule has 2 heterocycles. The molecule has 2 unspecified atom stereocenters. The van der Waals surface area contributed by atoms with Crippen molar-refractivity contribution in [3.63, 3.8) is 0 Å². The van der Waals surface area contributed by atoms with E-state index in [1.165, 1.54) is 5.75 Å². The maximum atomic E-state index is 12.3. The number of nitrogens with zero attached hydrogens (tertiary/aromatic N) is 1. The van der Waals surface area contributed by atoms with E-state index in [0.29, 0.717) is 18.3 Å². The van der Waals surface area contributed by atoms with Crippen LogP contribution in [0.5, 0.6) is 5.75 Å². The molecule has 2 atom stereocenters. The highest BCUT2D eigenvalue weighted by Crippen LogP contribution is 2.30. The predicted molar refractivity (Wildman–Crippen MR) is 97.7 cm³/mol. The van der Waals surface area contributed by atoms with Gasteiger partial charge in [-0.2, -0.15) is 11.8 Å². The lowest BCUT2D eigenvalue weighted by Gasteiger charge is -2.23. The number of furan rings is 1. The molecule has 0 aliphatic carbocycles. The van der Waals surface area contributed by atoms with Crippen molar-refractivity contribution in [1.29, 1.82) is 0 Å². The molecule has 5 nitrogen and oxygen atoms in total. The summed E-state index contributed by atoms with van der Waals surface area (Å²) in [6.45, 7) is 2.35.